The van der Waals surface area contributed by atoms with E-state index in [2.05, 4.69) is 0 Å². The van der Waals surface area contributed by atoms with Crippen molar-refractivity contribution in [2.45, 2.75) is 33.2 Å². The predicted octanol–water partition coefficient (Wildman–Crippen LogP) is 1.11. The van der Waals surface area contributed by atoms with E-state index in [1.807, 2.05) is 0 Å². The van der Waals surface area contributed by atoms with Gasteiger partial charge in [0.25, 0.3) is 5.56 Å². The van der Waals surface area contributed by atoms with Gasteiger partial charge in [0.05, 0.1) is 5.56 Å². The van der Waals surface area contributed by atoms with Crippen LogP contribution < -0.4 is 5.56 Å². The Labute approximate surface area is 87.2 Å². The summed E-state index contributed by atoms with van der Waals surface area (Å²) in [5, 5.41) is 9.13. The van der Waals surface area contributed by atoms with Gasteiger partial charge >= 0.3 is 5.97 Å². The van der Waals surface area contributed by atoms with E-state index in [1.165, 1.54) is 0 Å². The van der Waals surface area contributed by atoms with Crippen molar-refractivity contribution in [1.29, 1.82) is 0 Å². The van der Waals surface area contributed by atoms with Gasteiger partial charge in [-0.25, -0.2) is 4.79 Å². The van der Waals surface area contributed by atoms with Crippen molar-refractivity contribution in [3.63, 3.8) is 0 Å². The second kappa shape index (κ2) is 3.22. The lowest BCUT2D eigenvalue weighted by molar-refractivity contribution is 0.0694. The number of carboxylic acid groups (broad SMARTS) is 1. The fraction of sp³-hybridized carbons (Fsp3) is 0.455. The summed E-state index contributed by atoms with van der Waals surface area (Å²) < 4.78 is 1.60. The van der Waals surface area contributed by atoms with E-state index in [4.69, 9.17) is 5.11 Å². The third kappa shape index (κ3) is 1.28. The average molecular weight is 207 g/mol. The maximum absolute atomic E-state index is 11.8. The third-order valence-electron chi connectivity index (χ3n) is 3.13. The summed E-state index contributed by atoms with van der Waals surface area (Å²) in [4.78, 5) is 23.0. The number of aromatic nitrogens is 1. The van der Waals surface area contributed by atoms with Crippen LogP contribution in [-0.2, 0) is 13.0 Å². The predicted molar refractivity (Wildman–Crippen MR) is 55.5 cm³/mol. The molecule has 0 saturated carbocycles. The molecule has 0 aliphatic carbocycles. The zero-order chi connectivity index (χ0) is 11.2. The normalized spacial score (nSPS) is 14.0. The molecular weight excluding hydrogens is 194 g/mol. The largest absolute Gasteiger partial charge is 0.478 e. The van der Waals surface area contributed by atoms with Gasteiger partial charge in [-0.15, -0.1) is 0 Å². The zero-order valence-corrected chi connectivity index (χ0v) is 8.83. The van der Waals surface area contributed by atoms with E-state index in [0.29, 0.717) is 35.3 Å². The summed E-state index contributed by atoms with van der Waals surface area (Å²) in [5.74, 6) is -0.929. The number of aromatic carboxylic acids is 1. The first-order valence-electron chi connectivity index (χ1n) is 5.00. The second-order valence-electron chi connectivity index (χ2n) is 3.94. The molecule has 1 N–H and O–H groups in total. The standard InChI is InChI=1S/C11H13NO3/c1-6-7(2)10(13)12-5-3-4-8(12)9(6)11(14)15/h3-5H2,1-2H3,(H,14,15). The number of hydrogen-bond donors (Lipinski definition) is 1. The van der Waals surface area contributed by atoms with E-state index in [-0.39, 0.29) is 5.56 Å². The highest BCUT2D eigenvalue weighted by Gasteiger charge is 2.24. The summed E-state index contributed by atoms with van der Waals surface area (Å²) in [6.45, 7) is 4.05. The van der Waals surface area contributed by atoms with Gasteiger partial charge in [-0.2, -0.15) is 0 Å². The van der Waals surface area contributed by atoms with Gasteiger partial charge in [-0.1, -0.05) is 0 Å². The monoisotopic (exact) mass is 207 g/mol. The molecule has 4 nitrogen and oxygen atoms in total. The van der Waals surface area contributed by atoms with E-state index < -0.39 is 5.97 Å². The minimum atomic E-state index is -0.929. The van der Waals surface area contributed by atoms with Crippen LogP contribution in [0.25, 0.3) is 0 Å². The average Bonchev–Trinajstić information content (AvgIpc) is 2.62. The summed E-state index contributed by atoms with van der Waals surface area (Å²) in [7, 11) is 0. The Bertz CT molecular complexity index is 500. The first-order chi connectivity index (χ1) is 7.04. The topological polar surface area (TPSA) is 59.3 Å². The van der Waals surface area contributed by atoms with Crippen LogP contribution in [-0.4, -0.2) is 15.6 Å². The van der Waals surface area contributed by atoms with Crippen LogP contribution in [0.3, 0.4) is 0 Å². The van der Waals surface area contributed by atoms with Crippen LogP contribution >= 0.6 is 0 Å². The van der Waals surface area contributed by atoms with Crippen molar-refractivity contribution in [2.75, 3.05) is 0 Å². The molecule has 2 heterocycles. The molecule has 2 rings (SSSR count). The zero-order valence-electron chi connectivity index (χ0n) is 8.83. The van der Waals surface area contributed by atoms with Crippen LogP contribution in [0.5, 0.6) is 0 Å². The molecule has 1 aliphatic heterocycles. The van der Waals surface area contributed by atoms with Gasteiger partial charge in [-0.3, -0.25) is 4.79 Å². The van der Waals surface area contributed by atoms with E-state index in [9.17, 15) is 9.59 Å². The van der Waals surface area contributed by atoms with Crippen LogP contribution in [0.15, 0.2) is 4.79 Å². The number of carboxylic acids is 1. The highest BCUT2D eigenvalue weighted by molar-refractivity contribution is 5.91. The van der Waals surface area contributed by atoms with Crippen molar-refractivity contribution < 1.29 is 9.90 Å². The lowest BCUT2D eigenvalue weighted by atomic mass is 10.0. The molecule has 0 amide bonds. The van der Waals surface area contributed by atoms with Crippen molar-refractivity contribution in [3.8, 4) is 0 Å². The number of pyridine rings is 1. The Balaban J connectivity index is 2.87. The van der Waals surface area contributed by atoms with Crippen LogP contribution in [0.1, 0.15) is 33.6 Å². The molecule has 80 valence electrons. The fourth-order valence-electron chi connectivity index (χ4n) is 2.21. The van der Waals surface area contributed by atoms with Crippen molar-refractivity contribution in [3.05, 3.63) is 32.7 Å². The molecule has 0 fully saturated rings. The fourth-order valence-corrected chi connectivity index (χ4v) is 2.21. The minimum Gasteiger partial charge on any atom is -0.478 e. The molecule has 0 spiro atoms. The van der Waals surface area contributed by atoms with Crippen molar-refractivity contribution in [1.82, 2.24) is 4.57 Å². The Morgan fingerprint density at radius 3 is 2.60 bits per heavy atom. The van der Waals surface area contributed by atoms with E-state index >= 15 is 0 Å². The number of hydrogen-bond acceptors (Lipinski definition) is 2. The smallest absolute Gasteiger partial charge is 0.337 e. The Hall–Kier alpha value is -1.58. The van der Waals surface area contributed by atoms with Crippen LogP contribution in [0.4, 0.5) is 0 Å². The molecule has 0 bridgehead atoms. The maximum atomic E-state index is 11.8. The Morgan fingerprint density at radius 2 is 2.00 bits per heavy atom. The van der Waals surface area contributed by atoms with Crippen LogP contribution in [0.2, 0.25) is 0 Å². The molecule has 0 radical (unpaired) electrons. The third-order valence-corrected chi connectivity index (χ3v) is 3.13. The number of nitrogens with zero attached hydrogens (tertiary/aromatic N) is 1. The van der Waals surface area contributed by atoms with Crippen molar-refractivity contribution >= 4 is 5.97 Å². The lowest BCUT2D eigenvalue weighted by Gasteiger charge is -2.12. The minimum absolute atomic E-state index is 0.0370. The Kier molecular flexibility index (Phi) is 2.14. The summed E-state index contributed by atoms with van der Waals surface area (Å²) in [5.41, 5.74) is 2.14. The molecule has 0 atom stereocenters. The van der Waals surface area contributed by atoms with Crippen LogP contribution in [0, 0.1) is 13.8 Å². The molecule has 1 aromatic heterocycles. The molecule has 1 aliphatic rings. The molecule has 0 aromatic carbocycles. The van der Waals surface area contributed by atoms with E-state index in [0.717, 1.165) is 6.42 Å². The van der Waals surface area contributed by atoms with Gasteiger partial charge < -0.3 is 9.67 Å². The van der Waals surface area contributed by atoms with Gasteiger partial charge in [0, 0.05) is 17.8 Å². The quantitative estimate of drug-likeness (QED) is 0.750. The summed E-state index contributed by atoms with van der Waals surface area (Å²) in [6.07, 6.45) is 1.55. The highest BCUT2D eigenvalue weighted by atomic mass is 16.4. The number of rotatable bonds is 1. The first-order valence-corrected chi connectivity index (χ1v) is 5.00. The summed E-state index contributed by atoms with van der Waals surface area (Å²) >= 11 is 0. The first kappa shape index (κ1) is 9.96. The molecular formula is C11H13NO3. The second-order valence-corrected chi connectivity index (χ2v) is 3.94. The van der Waals surface area contributed by atoms with E-state index in [1.54, 1.807) is 18.4 Å². The molecule has 0 unspecified atom stereocenters. The van der Waals surface area contributed by atoms with Gasteiger partial charge in [-0.05, 0) is 32.3 Å². The molecule has 0 saturated heterocycles. The molecule has 4 heteroatoms. The number of carbonyl (C=O) groups is 1. The number of fused-ring (bicyclic) bond motifs is 1. The summed E-state index contributed by atoms with van der Waals surface area (Å²) in [6, 6.07) is 0. The lowest BCUT2D eigenvalue weighted by Crippen LogP contribution is -2.26. The maximum Gasteiger partial charge on any atom is 0.337 e. The van der Waals surface area contributed by atoms with Gasteiger partial charge in [0.1, 0.15) is 0 Å². The Morgan fingerprint density at radius 1 is 1.33 bits per heavy atom. The van der Waals surface area contributed by atoms with Crippen molar-refractivity contribution in [2.24, 2.45) is 0 Å². The van der Waals surface area contributed by atoms with Gasteiger partial charge in [0.2, 0.25) is 0 Å². The van der Waals surface area contributed by atoms with Gasteiger partial charge in [0.15, 0.2) is 0 Å². The molecule has 15 heavy (non-hydrogen) atoms. The SMILES string of the molecule is Cc1c(C(=O)O)c2n(c(=O)c1C)CCC2. The highest BCUT2D eigenvalue weighted by Crippen LogP contribution is 2.21. The molecule has 1 aromatic rings.